The highest BCUT2D eigenvalue weighted by Crippen LogP contribution is 2.02. The van der Waals surface area contributed by atoms with E-state index in [0.29, 0.717) is 31.9 Å². The Balaban J connectivity index is 3.89. The lowest BCUT2D eigenvalue weighted by atomic mass is 10.5. The highest BCUT2D eigenvalue weighted by atomic mass is 35.5. The largest absolute Gasteiger partial charge is 0.385 e. The summed E-state index contributed by atoms with van der Waals surface area (Å²) in [4.78, 5) is 0. The molecule has 0 aromatic carbocycles. The van der Waals surface area contributed by atoms with Gasteiger partial charge in [-0.3, -0.25) is 0 Å². The number of methoxy groups -OCH3 is 1. The molecule has 0 rings (SSSR count). The van der Waals surface area contributed by atoms with E-state index in [1.807, 2.05) is 0 Å². The van der Waals surface area contributed by atoms with Crippen LogP contribution in [0.2, 0.25) is 0 Å². The van der Waals surface area contributed by atoms with Crippen molar-refractivity contribution in [3.63, 3.8) is 0 Å². The van der Waals surface area contributed by atoms with Gasteiger partial charge in [-0.05, 0) is 12.8 Å². The Kier molecular flexibility index (Phi) is 7.54. The number of hydrogen-bond donors (Lipinski definition) is 0. The van der Waals surface area contributed by atoms with Crippen molar-refractivity contribution in [2.45, 2.75) is 12.8 Å². The Labute approximate surface area is 91.2 Å². The summed E-state index contributed by atoms with van der Waals surface area (Å²) >= 11 is 5.44. The van der Waals surface area contributed by atoms with Crippen molar-refractivity contribution in [3.05, 3.63) is 0 Å². The Hall–Kier alpha value is 0.160. The predicted octanol–water partition coefficient (Wildman–Crippen LogP) is 0.913. The van der Waals surface area contributed by atoms with Crippen LogP contribution in [0.25, 0.3) is 0 Å². The molecule has 0 bridgehead atoms. The number of sulfonamides is 1. The molecule has 0 amide bonds. The Bertz CT molecular complexity index is 231. The average Bonchev–Trinajstić information content (AvgIpc) is 2.15. The van der Waals surface area contributed by atoms with Crippen LogP contribution in [0, 0.1) is 0 Å². The number of rotatable bonds is 8. The van der Waals surface area contributed by atoms with E-state index in [4.69, 9.17) is 16.3 Å². The molecule has 0 saturated carbocycles. The lowest BCUT2D eigenvalue weighted by Crippen LogP contribution is -2.30. The van der Waals surface area contributed by atoms with Crippen molar-refractivity contribution in [2.24, 2.45) is 0 Å². The van der Waals surface area contributed by atoms with Crippen molar-refractivity contribution in [1.82, 2.24) is 4.31 Å². The summed E-state index contributed by atoms with van der Waals surface area (Å²) in [6.45, 7) is 1.08. The van der Waals surface area contributed by atoms with Gasteiger partial charge in [-0.2, -0.15) is 0 Å². The summed E-state index contributed by atoms with van der Waals surface area (Å²) < 4.78 is 29.2. The van der Waals surface area contributed by atoms with Crippen molar-refractivity contribution >= 4 is 21.6 Å². The van der Waals surface area contributed by atoms with E-state index in [-0.39, 0.29) is 5.75 Å². The fourth-order valence-corrected chi connectivity index (χ4v) is 2.48. The monoisotopic (exact) mass is 243 g/mol. The fraction of sp³-hybridized carbons (Fsp3) is 1.00. The second-order valence-electron chi connectivity index (χ2n) is 3.03. The van der Waals surface area contributed by atoms with Gasteiger partial charge in [0, 0.05) is 33.2 Å². The molecule has 0 fully saturated rings. The zero-order chi connectivity index (χ0) is 11.0. The first-order chi connectivity index (χ1) is 6.54. The summed E-state index contributed by atoms with van der Waals surface area (Å²) in [5, 5.41) is 0. The second kappa shape index (κ2) is 7.45. The van der Waals surface area contributed by atoms with E-state index in [2.05, 4.69) is 0 Å². The van der Waals surface area contributed by atoms with E-state index in [1.54, 1.807) is 14.2 Å². The first-order valence-electron chi connectivity index (χ1n) is 4.53. The quantitative estimate of drug-likeness (QED) is 0.470. The number of halogens is 1. The molecule has 0 aliphatic rings. The minimum atomic E-state index is -3.11. The molecular formula is C8H18ClNO3S. The molecule has 0 aliphatic heterocycles. The van der Waals surface area contributed by atoms with Gasteiger partial charge in [0.1, 0.15) is 0 Å². The molecule has 0 radical (unpaired) electrons. The Morgan fingerprint density at radius 1 is 1.36 bits per heavy atom. The molecule has 0 saturated heterocycles. The molecule has 0 unspecified atom stereocenters. The van der Waals surface area contributed by atoms with Crippen LogP contribution in [0.5, 0.6) is 0 Å². The van der Waals surface area contributed by atoms with E-state index in [9.17, 15) is 8.42 Å². The third-order valence-corrected chi connectivity index (χ3v) is 4.04. The van der Waals surface area contributed by atoms with Crippen LogP contribution in [0.3, 0.4) is 0 Å². The number of nitrogens with zero attached hydrogens (tertiary/aromatic N) is 1. The third-order valence-electron chi connectivity index (χ3n) is 1.83. The maximum absolute atomic E-state index is 11.5. The van der Waals surface area contributed by atoms with E-state index >= 15 is 0 Å². The van der Waals surface area contributed by atoms with Gasteiger partial charge in [0.15, 0.2) is 0 Å². The van der Waals surface area contributed by atoms with Crippen LogP contribution < -0.4 is 0 Å². The number of hydrogen-bond acceptors (Lipinski definition) is 3. The average molecular weight is 244 g/mol. The highest BCUT2D eigenvalue weighted by molar-refractivity contribution is 7.89. The summed E-state index contributed by atoms with van der Waals surface area (Å²) in [6.07, 6.45) is 1.21. The zero-order valence-electron chi connectivity index (χ0n) is 8.70. The van der Waals surface area contributed by atoms with Gasteiger partial charge >= 0.3 is 0 Å². The molecule has 0 aliphatic carbocycles. The third kappa shape index (κ3) is 5.80. The molecule has 0 heterocycles. The van der Waals surface area contributed by atoms with Crippen LogP contribution in [-0.4, -0.2) is 51.7 Å². The van der Waals surface area contributed by atoms with Gasteiger partial charge in [0.05, 0.1) is 5.75 Å². The summed E-state index contributed by atoms with van der Waals surface area (Å²) in [6, 6.07) is 0. The van der Waals surface area contributed by atoms with Crippen molar-refractivity contribution in [2.75, 3.05) is 38.9 Å². The van der Waals surface area contributed by atoms with Gasteiger partial charge in [-0.1, -0.05) is 0 Å². The SMILES string of the molecule is COCCCN(C)S(=O)(=O)CCCCl. The van der Waals surface area contributed by atoms with Gasteiger partial charge in [-0.15, -0.1) is 11.6 Å². The molecule has 86 valence electrons. The van der Waals surface area contributed by atoms with Gasteiger partial charge < -0.3 is 4.74 Å². The number of alkyl halides is 1. The minimum Gasteiger partial charge on any atom is -0.385 e. The first kappa shape index (κ1) is 14.2. The normalized spacial score (nSPS) is 12.3. The number of ether oxygens (including phenoxy) is 1. The van der Waals surface area contributed by atoms with Gasteiger partial charge in [0.25, 0.3) is 0 Å². The maximum atomic E-state index is 11.5. The molecule has 6 heteroatoms. The first-order valence-corrected chi connectivity index (χ1v) is 6.68. The molecule has 0 N–H and O–H groups in total. The smallest absolute Gasteiger partial charge is 0.213 e. The predicted molar refractivity (Wildman–Crippen MR) is 58.2 cm³/mol. The maximum Gasteiger partial charge on any atom is 0.213 e. The van der Waals surface area contributed by atoms with Crippen LogP contribution in [0.4, 0.5) is 0 Å². The zero-order valence-corrected chi connectivity index (χ0v) is 10.3. The molecule has 0 spiro atoms. The summed E-state index contributed by atoms with van der Waals surface area (Å²) in [5.41, 5.74) is 0. The second-order valence-corrected chi connectivity index (χ2v) is 5.60. The van der Waals surface area contributed by atoms with E-state index in [1.165, 1.54) is 4.31 Å². The van der Waals surface area contributed by atoms with Gasteiger partial charge in [-0.25, -0.2) is 12.7 Å². The van der Waals surface area contributed by atoms with Crippen molar-refractivity contribution < 1.29 is 13.2 Å². The molecule has 0 aromatic heterocycles. The summed E-state index contributed by atoms with van der Waals surface area (Å²) in [7, 11) is 0.0722. The van der Waals surface area contributed by atoms with Crippen LogP contribution >= 0.6 is 11.6 Å². The topological polar surface area (TPSA) is 46.6 Å². The van der Waals surface area contributed by atoms with Gasteiger partial charge in [0.2, 0.25) is 10.0 Å². The van der Waals surface area contributed by atoms with Crippen LogP contribution in [0.15, 0.2) is 0 Å². The highest BCUT2D eigenvalue weighted by Gasteiger charge is 2.16. The lowest BCUT2D eigenvalue weighted by Gasteiger charge is -2.16. The van der Waals surface area contributed by atoms with Crippen molar-refractivity contribution in [1.29, 1.82) is 0 Å². The summed E-state index contributed by atoms with van der Waals surface area (Å²) in [5.74, 6) is 0.505. The molecule has 0 atom stereocenters. The molecule has 4 nitrogen and oxygen atoms in total. The van der Waals surface area contributed by atoms with Crippen molar-refractivity contribution in [3.8, 4) is 0 Å². The Morgan fingerprint density at radius 2 is 2.00 bits per heavy atom. The molecule has 14 heavy (non-hydrogen) atoms. The standard InChI is InChI=1S/C8H18ClNO3S/c1-10(6-4-7-13-2)14(11,12)8-3-5-9/h3-8H2,1-2H3. The minimum absolute atomic E-state index is 0.125. The van der Waals surface area contributed by atoms with E-state index in [0.717, 1.165) is 0 Å². The fourth-order valence-electron chi connectivity index (χ4n) is 0.963. The van der Waals surface area contributed by atoms with Crippen LogP contribution in [-0.2, 0) is 14.8 Å². The van der Waals surface area contributed by atoms with E-state index < -0.39 is 10.0 Å². The molecule has 0 aromatic rings. The van der Waals surface area contributed by atoms with Crippen LogP contribution in [0.1, 0.15) is 12.8 Å². The lowest BCUT2D eigenvalue weighted by molar-refractivity contribution is 0.189. The molecular weight excluding hydrogens is 226 g/mol. The Morgan fingerprint density at radius 3 is 2.50 bits per heavy atom.